The SMILES string of the molecule is CCN(CC)C(=O)C1=C(C)N=c2s/c(=C/c3ccc(OC)c(OC)c3OC)c(=O)n2[C@H]1c1ccc(Cl)cc1. The van der Waals surface area contributed by atoms with E-state index >= 15 is 0 Å². The van der Waals surface area contributed by atoms with Gasteiger partial charge in [-0.15, -0.1) is 0 Å². The molecule has 2 heterocycles. The summed E-state index contributed by atoms with van der Waals surface area (Å²) in [6.45, 7) is 6.76. The lowest BCUT2D eigenvalue weighted by Gasteiger charge is -2.29. The maximum absolute atomic E-state index is 13.9. The molecule has 0 bridgehead atoms. The third kappa shape index (κ3) is 4.83. The van der Waals surface area contributed by atoms with Gasteiger partial charge in [-0.1, -0.05) is 35.1 Å². The zero-order valence-corrected chi connectivity index (χ0v) is 23.8. The van der Waals surface area contributed by atoms with Crippen LogP contribution in [0.15, 0.2) is 57.5 Å². The molecule has 0 radical (unpaired) electrons. The van der Waals surface area contributed by atoms with Gasteiger partial charge in [0.15, 0.2) is 16.3 Å². The zero-order chi connectivity index (χ0) is 27.6. The normalized spacial score (nSPS) is 15.1. The van der Waals surface area contributed by atoms with Crippen LogP contribution in [0.1, 0.15) is 37.9 Å². The molecule has 0 saturated carbocycles. The molecular formula is C28H30ClN3O5S. The molecule has 2 aromatic carbocycles. The average molecular weight is 556 g/mol. The number of nitrogens with zero attached hydrogens (tertiary/aromatic N) is 3. The van der Waals surface area contributed by atoms with Crippen LogP contribution in [0.5, 0.6) is 17.2 Å². The van der Waals surface area contributed by atoms with Crippen LogP contribution < -0.4 is 29.1 Å². The molecule has 0 aliphatic carbocycles. The number of halogens is 1. The minimum atomic E-state index is -0.647. The first-order chi connectivity index (χ1) is 18.3. The Bertz CT molecular complexity index is 1570. The molecule has 1 aromatic heterocycles. The van der Waals surface area contributed by atoms with Crippen molar-refractivity contribution in [2.24, 2.45) is 4.99 Å². The summed E-state index contributed by atoms with van der Waals surface area (Å²) in [6, 6.07) is 10.1. The smallest absolute Gasteiger partial charge is 0.271 e. The monoisotopic (exact) mass is 555 g/mol. The van der Waals surface area contributed by atoms with E-state index in [0.717, 1.165) is 5.56 Å². The lowest BCUT2D eigenvalue weighted by Crippen LogP contribution is -2.43. The van der Waals surface area contributed by atoms with Gasteiger partial charge in [-0.25, -0.2) is 4.99 Å². The van der Waals surface area contributed by atoms with Gasteiger partial charge in [0.2, 0.25) is 5.75 Å². The van der Waals surface area contributed by atoms with Crippen molar-refractivity contribution in [2.75, 3.05) is 34.4 Å². The fourth-order valence-corrected chi connectivity index (χ4v) is 5.78. The third-order valence-corrected chi connectivity index (χ3v) is 7.74. The summed E-state index contributed by atoms with van der Waals surface area (Å²) in [6.07, 6.45) is 1.74. The van der Waals surface area contributed by atoms with Crippen molar-refractivity contribution in [3.63, 3.8) is 0 Å². The van der Waals surface area contributed by atoms with E-state index in [-0.39, 0.29) is 11.5 Å². The molecule has 0 saturated heterocycles. The highest BCUT2D eigenvalue weighted by atomic mass is 35.5. The summed E-state index contributed by atoms with van der Waals surface area (Å²) in [5, 5.41) is 0.569. The molecule has 1 aliphatic heterocycles. The second-order valence-corrected chi connectivity index (χ2v) is 9.98. The molecule has 1 aliphatic rings. The van der Waals surface area contributed by atoms with E-state index in [9.17, 15) is 9.59 Å². The van der Waals surface area contributed by atoms with Crippen LogP contribution in [0.2, 0.25) is 5.02 Å². The van der Waals surface area contributed by atoms with Crippen molar-refractivity contribution in [1.29, 1.82) is 0 Å². The number of hydrogen-bond donors (Lipinski definition) is 0. The van der Waals surface area contributed by atoms with Gasteiger partial charge in [0.05, 0.1) is 43.2 Å². The number of fused-ring (bicyclic) bond motifs is 1. The van der Waals surface area contributed by atoms with Crippen molar-refractivity contribution in [2.45, 2.75) is 26.8 Å². The highest BCUT2D eigenvalue weighted by molar-refractivity contribution is 7.07. The molecule has 0 N–H and O–H groups in total. The predicted octanol–water partition coefficient (Wildman–Crippen LogP) is 3.78. The molecule has 38 heavy (non-hydrogen) atoms. The van der Waals surface area contributed by atoms with Gasteiger partial charge in [0.1, 0.15) is 0 Å². The van der Waals surface area contributed by atoms with Crippen LogP contribution in [-0.4, -0.2) is 49.8 Å². The molecule has 0 fully saturated rings. The van der Waals surface area contributed by atoms with Crippen LogP contribution in [0.3, 0.4) is 0 Å². The lowest BCUT2D eigenvalue weighted by molar-refractivity contribution is -0.127. The second-order valence-electron chi connectivity index (χ2n) is 8.53. The van der Waals surface area contributed by atoms with Gasteiger partial charge in [-0.05, 0) is 56.7 Å². The Morgan fingerprint density at radius 1 is 1.05 bits per heavy atom. The first kappa shape index (κ1) is 27.5. The Morgan fingerprint density at radius 2 is 1.71 bits per heavy atom. The number of methoxy groups -OCH3 is 3. The number of amides is 1. The molecule has 3 aromatic rings. The van der Waals surface area contributed by atoms with Crippen LogP contribution in [0.4, 0.5) is 0 Å². The average Bonchev–Trinajstić information content (AvgIpc) is 3.22. The highest BCUT2D eigenvalue weighted by Crippen LogP contribution is 2.40. The van der Waals surface area contributed by atoms with Crippen LogP contribution in [0.25, 0.3) is 6.08 Å². The number of likely N-dealkylation sites (N-methyl/N-ethyl adjacent to an activating group) is 1. The molecule has 10 heteroatoms. The number of aromatic nitrogens is 1. The van der Waals surface area contributed by atoms with Crippen molar-refractivity contribution in [3.05, 3.63) is 83.5 Å². The molecule has 1 atom stereocenters. The second kappa shape index (κ2) is 11.4. The van der Waals surface area contributed by atoms with Crippen molar-refractivity contribution < 1.29 is 19.0 Å². The van der Waals surface area contributed by atoms with Gasteiger partial charge < -0.3 is 19.1 Å². The topological polar surface area (TPSA) is 82.4 Å². The summed E-state index contributed by atoms with van der Waals surface area (Å²) < 4.78 is 18.5. The van der Waals surface area contributed by atoms with E-state index in [1.807, 2.05) is 32.9 Å². The highest BCUT2D eigenvalue weighted by Gasteiger charge is 2.34. The van der Waals surface area contributed by atoms with Crippen molar-refractivity contribution >= 4 is 34.9 Å². The quantitative estimate of drug-likeness (QED) is 0.422. The van der Waals surface area contributed by atoms with Crippen LogP contribution in [-0.2, 0) is 4.79 Å². The standard InChI is InChI=1S/C28H30ClN3O5S/c1-7-31(8-2)27(34)22-16(3)30-28-32(23(22)17-9-12-19(29)13-10-17)26(33)21(38-28)15-18-11-14-20(35-4)25(37-6)24(18)36-5/h9-15,23H,7-8H2,1-6H3/b21-15+/t23-/m0/s1. The Hall–Kier alpha value is -3.56. The molecule has 200 valence electrons. The van der Waals surface area contributed by atoms with Gasteiger partial charge in [0.25, 0.3) is 11.5 Å². The lowest BCUT2D eigenvalue weighted by atomic mass is 9.94. The van der Waals surface area contributed by atoms with Gasteiger partial charge >= 0.3 is 0 Å². The molecule has 1 amide bonds. The van der Waals surface area contributed by atoms with Gasteiger partial charge in [0, 0.05) is 23.7 Å². The fraction of sp³-hybridized carbons (Fsp3) is 0.321. The number of benzene rings is 2. The molecule has 4 rings (SSSR count). The summed E-state index contributed by atoms with van der Waals surface area (Å²) in [4.78, 5) is 34.6. The summed E-state index contributed by atoms with van der Waals surface area (Å²) >= 11 is 7.42. The summed E-state index contributed by atoms with van der Waals surface area (Å²) in [5.74, 6) is 1.24. The maximum atomic E-state index is 13.9. The summed E-state index contributed by atoms with van der Waals surface area (Å²) in [5.41, 5.74) is 2.21. The van der Waals surface area contributed by atoms with Gasteiger partial charge in [-0.2, -0.15) is 0 Å². The molecule has 0 unspecified atom stereocenters. The first-order valence-electron chi connectivity index (χ1n) is 12.2. The number of ether oxygens (including phenoxy) is 3. The van der Waals surface area contributed by atoms with E-state index in [4.69, 9.17) is 30.8 Å². The maximum Gasteiger partial charge on any atom is 0.271 e. The van der Waals surface area contributed by atoms with E-state index in [1.165, 1.54) is 25.6 Å². The van der Waals surface area contributed by atoms with Crippen molar-refractivity contribution in [1.82, 2.24) is 9.47 Å². The number of thiazole rings is 1. The van der Waals surface area contributed by atoms with Gasteiger partial charge in [-0.3, -0.25) is 14.2 Å². The molecular weight excluding hydrogens is 526 g/mol. The number of carbonyl (C=O) groups is 1. The number of rotatable bonds is 8. The Labute approximate surface area is 230 Å². The van der Waals surface area contributed by atoms with Crippen molar-refractivity contribution in [3.8, 4) is 17.2 Å². The number of hydrogen-bond acceptors (Lipinski definition) is 7. The Kier molecular flexibility index (Phi) is 8.28. The summed E-state index contributed by atoms with van der Waals surface area (Å²) in [7, 11) is 4.61. The minimum absolute atomic E-state index is 0.146. The van der Waals surface area contributed by atoms with Crippen LogP contribution >= 0.6 is 22.9 Å². The Morgan fingerprint density at radius 3 is 2.29 bits per heavy atom. The number of carbonyl (C=O) groups excluding carboxylic acids is 1. The predicted molar refractivity (Wildman–Crippen MR) is 149 cm³/mol. The van der Waals surface area contributed by atoms with E-state index in [1.54, 1.807) is 46.9 Å². The van der Waals surface area contributed by atoms with E-state index in [0.29, 0.717) is 61.5 Å². The van der Waals surface area contributed by atoms with Crippen LogP contribution in [0, 0.1) is 0 Å². The molecule has 0 spiro atoms. The van der Waals surface area contributed by atoms with E-state index < -0.39 is 6.04 Å². The molecule has 8 nitrogen and oxygen atoms in total. The van der Waals surface area contributed by atoms with E-state index in [2.05, 4.69) is 0 Å². The minimum Gasteiger partial charge on any atom is -0.493 e. The fourth-order valence-electron chi connectivity index (χ4n) is 4.62. The largest absolute Gasteiger partial charge is 0.493 e. The third-order valence-electron chi connectivity index (χ3n) is 6.51. The zero-order valence-electron chi connectivity index (χ0n) is 22.2. The Balaban J connectivity index is 1.97. The first-order valence-corrected chi connectivity index (χ1v) is 13.3. The number of allylic oxidation sites excluding steroid dienone is 1.